The Labute approximate surface area is 184 Å². The van der Waals surface area contributed by atoms with Gasteiger partial charge in [0.25, 0.3) is 0 Å². The highest BCUT2D eigenvalue weighted by atomic mass is 19.1. The van der Waals surface area contributed by atoms with Crippen LogP contribution in [0.15, 0.2) is 36.4 Å². The van der Waals surface area contributed by atoms with E-state index in [-0.39, 0.29) is 0 Å². The molecule has 2 aliphatic rings. The normalized spacial score (nSPS) is 19.7. The number of hydrogen-bond acceptors (Lipinski definition) is 7. The first-order valence-electron chi connectivity index (χ1n) is 11.0. The summed E-state index contributed by atoms with van der Waals surface area (Å²) in [6, 6.07) is 11.5. The molecule has 8 nitrogen and oxygen atoms in total. The van der Waals surface area contributed by atoms with Crippen LogP contribution in [0.4, 0.5) is 16.0 Å². The molecule has 164 valence electrons. The molecule has 0 amide bonds. The number of aromatic nitrogens is 5. The second-order valence-electron chi connectivity index (χ2n) is 8.86. The Bertz CT molecular complexity index is 1330. The summed E-state index contributed by atoms with van der Waals surface area (Å²) in [7, 11) is 0. The zero-order valence-corrected chi connectivity index (χ0v) is 17.8. The maximum atomic E-state index is 13.8. The van der Waals surface area contributed by atoms with Crippen LogP contribution in [0.1, 0.15) is 25.0 Å². The van der Waals surface area contributed by atoms with E-state index < -0.39 is 11.8 Å². The summed E-state index contributed by atoms with van der Waals surface area (Å²) >= 11 is 0. The van der Waals surface area contributed by atoms with E-state index in [0.717, 1.165) is 29.6 Å². The minimum absolute atomic E-state index is 0.336. The number of rotatable bonds is 5. The number of fused-ring (bicyclic) bond motifs is 2. The van der Waals surface area contributed by atoms with Gasteiger partial charge < -0.3 is 15.3 Å². The highest BCUT2D eigenvalue weighted by Gasteiger charge is 2.40. The molecular formula is C23H24FN7O. The van der Waals surface area contributed by atoms with Crippen LogP contribution in [0.5, 0.6) is 0 Å². The standard InChI is InChI=1S/C23H24FN7O/c1-14-22(27-17-5-3-2-4-16(17)26-14)18-10-21-28-20(30-9-6-15(24)12-30)11-19(31(21)29-18)25-13-23(32)7-8-23/h2-5,10-11,15,25,32H,6-9,12-13H2,1H3/t15-/m1/s1. The third kappa shape index (κ3) is 3.42. The van der Waals surface area contributed by atoms with E-state index in [4.69, 9.17) is 15.1 Å². The molecule has 1 saturated carbocycles. The van der Waals surface area contributed by atoms with Gasteiger partial charge in [0, 0.05) is 25.2 Å². The van der Waals surface area contributed by atoms with Crippen molar-refractivity contribution in [3.63, 3.8) is 0 Å². The van der Waals surface area contributed by atoms with E-state index in [1.165, 1.54) is 0 Å². The summed E-state index contributed by atoms with van der Waals surface area (Å²) in [5, 5.41) is 18.4. The Morgan fingerprint density at radius 3 is 2.66 bits per heavy atom. The number of nitrogens with zero attached hydrogens (tertiary/aromatic N) is 6. The van der Waals surface area contributed by atoms with Gasteiger partial charge in [-0.1, -0.05) is 12.1 Å². The van der Waals surface area contributed by atoms with Crippen LogP contribution in [0.25, 0.3) is 28.1 Å². The fourth-order valence-electron chi connectivity index (χ4n) is 4.20. The molecule has 32 heavy (non-hydrogen) atoms. The lowest BCUT2D eigenvalue weighted by molar-refractivity contribution is 0.164. The molecule has 6 rings (SSSR count). The maximum Gasteiger partial charge on any atom is 0.160 e. The van der Waals surface area contributed by atoms with Crippen LogP contribution in [0.3, 0.4) is 0 Å². The monoisotopic (exact) mass is 433 g/mol. The predicted molar refractivity (Wildman–Crippen MR) is 121 cm³/mol. The van der Waals surface area contributed by atoms with E-state index >= 15 is 0 Å². The average molecular weight is 433 g/mol. The van der Waals surface area contributed by atoms with E-state index in [2.05, 4.69) is 10.3 Å². The first kappa shape index (κ1) is 19.4. The number of aliphatic hydroxyl groups is 1. The lowest BCUT2D eigenvalue weighted by Crippen LogP contribution is -2.24. The van der Waals surface area contributed by atoms with Crippen molar-refractivity contribution in [2.24, 2.45) is 0 Å². The van der Waals surface area contributed by atoms with Gasteiger partial charge in [-0.15, -0.1) is 0 Å². The summed E-state index contributed by atoms with van der Waals surface area (Å²) in [5.41, 5.74) is 3.78. The molecule has 4 aromatic rings. The molecule has 2 N–H and O–H groups in total. The maximum absolute atomic E-state index is 13.8. The summed E-state index contributed by atoms with van der Waals surface area (Å²) in [6.45, 7) is 3.32. The number of nitrogens with one attached hydrogen (secondary N) is 1. The van der Waals surface area contributed by atoms with Crippen molar-refractivity contribution in [2.75, 3.05) is 29.9 Å². The first-order chi connectivity index (χ1) is 15.5. The van der Waals surface area contributed by atoms with E-state index in [9.17, 15) is 9.50 Å². The Hall–Kier alpha value is -3.33. The SMILES string of the molecule is Cc1nc2ccccc2nc1-c1cc2nc(N3CC[C@@H](F)C3)cc(NCC3(O)CC3)n2n1. The molecule has 9 heteroatoms. The van der Waals surface area contributed by atoms with Gasteiger partial charge in [0.2, 0.25) is 0 Å². The minimum Gasteiger partial charge on any atom is -0.388 e. The van der Waals surface area contributed by atoms with Crippen LogP contribution in [-0.4, -0.2) is 61.1 Å². The number of para-hydroxylation sites is 2. The van der Waals surface area contributed by atoms with Gasteiger partial charge >= 0.3 is 0 Å². The number of anilines is 2. The topological polar surface area (TPSA) is 91.5 Å². The molecule has 1 aromatic carbocycles. The Morgan fingerprint density at radius 2 is 1.94 bits per heavy atom. The van der Waals surface area contributed by atoms with Gasteiger partial charge in [0.05, 0.1) is 28.9 Å². The largest absolute Gasteiger partial charge is 0.388 e. The van der Waals surface area contributed by atoms with Gasteiger partial charge in [-0.05, 0) is 38.3 Å². The summed E-state index contributed by atoms with van der Waals surface area (Å²) in [4.78, 5) is 16.2. The van der Waals surface area contributed by atoms with Gasteiger partial charge in [-0.2, -0.15) is 9.61 Å². The van der Waals surface area contributed by atoms with Crippen molar-refractivity contribution >= 4 is 28.3 Å². The highest BCUT2D eigenvalue weighted by Crippen LogP contribution is 2.35. The van der Waals surface area contributed by atoms with Crippen molar-refractivity contribution in [2.45, 2.75) is 38.0 Å². The predicted octanol–water partition coefficient (Wildman–Crippen LogP) is 3.13. The van der Waals surface area contributed by atoms with Crippen LogP contribution in [0.2, 0.25) is 0 Å². The van der Waals surface area contributed by atoms with Crippen molar-refractivity contribution in [1.82, 2.24) is 24.6 Å². The lowest BCUT2D eigenvalue weighted by atomic mass is 10.2. The number of halogens is 1. The molecule has 3 aromatic heterocycles. The third-order valence-electron chi connectivity index (χ3n) is 6.28. The number of alkyl halides is 1. The van der Waals surface area contributed by atoms with Gasteiger partial charge in [-0.3, -0.25) is 0 Å². The van der Waals surface area contributed by atoms with Crippen molar-refractivity contribution in [1.29, 1.82) is 0 Å². The molecule has 0 spiro atoms. The van der Waals surface area contributed by atoms with E-state index in [1.54, 1.807) is 4.52 Å². The number of aryl methyl sites for hydroxylation is 1. The highest BCUT2D eigenvalue weighted by molar-refractivity contribution is 5.78. The third-order valence-corrected chi connectivity index (χ3v) is 6.28. The van der Waals surface area contributed by atoms with Gasteiger partial charge in [0.15, 0.2) is 5.65 Å². The Balaban J connectivity index is 1.45. The number of hydrogen-bond donors (Lipinski definition) is 2. The summed E-state index contributed by atoms with van der Waals surface area (Å²) < 4.78 is 15.6. The van der Waals surface area contributed by atoms with Gasteiger partial charge in [0.1, 0.15) is 29.2 Å². The van der Waals surface area contributed by atoms with Crippen molar-refractivity contribution in [3.8, 4) is 11.4 Å². The van der Waals surface area contributed by atoms with Crippen LogP contribution >= 0.6 is 0 Å². The van der Waals surface area contributed by atoms with Crippen LogP contribution in [0, 0.1) is 6.92 Å². The van der Waals surface area contributed by atoms with Crippen molar-refractivity contribution in [3.05, 3.63) is 42.1 Å². The van der Waals surface area contributed by atoms with E-state index in [0.29, 0.717) is 54.7 Å². The second kappa shape index (κ2) is 7.09. The van der Waals surface area contributed by atoms with Gasteiger partial charge in [-0.25, -0.2) is 19.3 Å². The number of benzene rings is 1. The molecule has 1 aliphatic heterocycles. The molecule has 1 saturated heterocycles. The quantitative estimate of drug-likeness (QED) is 0.500. The molecule has 0 radical (unpaired) electrons. The fourth-order valence-corrected chi connectivity index (χ4v) is 4.20. The molecule has 2 fully saturated rings. The molecule has 1 atom stereocenters. The molecule has 1 aliphatic carbocycles. The lowest BCUT2D eigenvalue weighted by Gasteiger charge is -2.19. The molecular weight excluding hydrogens is 409 g/mol. The molecule has 0 unspecified atom stereocenters. The summed E-state index contributed by atoms with van der Waals surface area (Å²) in [6.07, 6.45) is 1.23. The Morgan fingerprint density at radius 1 is 1.16 bits per heavy atom. The minimum atomic E-state index is -0.840. The zero-order valence-electron chi connectivity index (χ0n) is 17.8. The second-order valence-corrected chi connectivity index (χ2v) is 8.86. The first-order valence-corrected chi connectivity index (χ1v) is 11.0. The smallest absolute Gasteiger partial charge is 0.160 e. The van der Waals surface area contributed by atoms with Crippen LogP contribution < -0.4 is 10.2 Å². The zero-order chi connectivity index (χ0) is 21.9. The fraction of sp³-hybridized carbons (Fsp3) is 0.391. The summed E-state index contributed by atoms with van der Waals surface area (Å²) in [5.74, 6) is 1.42. The Kier molecular flexibility index (Phi) is 4.29. The van der Waals surface area contributed by atoms with E-state index in [1.807, 2.05) is 48.2 Å². The molecule has 4 heterocycles. The molecule has 0 bridgehead atoms. The van der Waals surface area contributed by atoms with Crippen LogP contribution in [-0.2, 0) is 0 Å². The average Bonchev–Trinajstić information content (AvgIpc) is 3.17. The van der Waals surface area contributed by atoms with Crippen molar-refractivity contribution < 1.29 is 9.50 Å².